The number of nitrogens with one attached hydrogen (secondary N) is 1. The lowest BCUT2D eigenvalue weighted by Gasteiger charge is -2.40. The van der Waals surface area contributed by atoms with Crippen LogP contribution in [-0.4, -0.2) is 110 Å². The number of hydrogen-bond donors (Lipinski definition) is 8. The molecule has 11 nitrogen and oxygen atoms in total. The predicted octanol–water partition coefficient (Wildman–Crippen LogP) is 18.8. The van der Waals surface area contributed by atoms with Crippen molar-refractivity contribution < 1.29 is 50.0 Å². The van der Waals surface area contributed by atoms with Crippen molar-refractivity contribution in [1.29, 1.82) is 0 Å². The number of aliphatic hydroxyl groups excluding tert-OH is 7. The van der Waals surface area contributed by atoms with E-state index in [1.54, 1.807) is 0 Å². The molecule has 1 aliphatic rings. The number of carbonyl (C=O) groups excluding carboxylic acids is 1. The molecule has 0 aromatic heterocycles. The van der Waals surface area contributed by atoms with E-state index in [1.165, 1.54) is 302 Å². The Hall–Kier alpha value is -1.41. The van der Waals surface area contributed by atoms with Gasteiger partial charge in [0.25, 0.3) is 0 Å². The predicted molar refractivity (Wildman–Crippen MR) is 362 cm³/mol. The number of ether oxygens (including phenoxy) is 2. The van der Waals surface area contributed by atoms with E-state index < -0.39 is 74.2 Å². The topological polar surface area (TPSA) is 189 Å². The maximum Gasteiger partial charge on any atom is 0.249 e. The third-order valence-corrected chi connectivity index (χ3v) is 18.5. The quantitative estimate of drug-likeness (QED) is 0.0215. The molecule has 11 heteroatoms. The van der Waals surface area contributed by atoms with Crippen LogP contribution in [0.2, 0.25) is 0 Å². The van der Waals surface area contributed by atoms with Gasteiger partial charge in [0.05, 0.1) is 25.4 Å². The van der Waals surface area contributed by atoms with Crippen LogP contribution < -0.4 is 5.32 Å². The Morgan fingerprint density at radius 3 is 1.00 bits per heavy atom. The fraction of sp³-hybridized carbons (Fsp3) is 0.933. The molecule has 0 saturated carbocycles. The molecule has 0 aliphatic carbocycles. The number of rotatable bonds is 67. The molecule has 1 aliphatic heterocycles. The van der Waals surface area contributed by atoms with Crippen LogP contribution in [0, 0.1) is 0 Å². The average Bonchev–Trinajstić information content (AvgIpc) is 2.54. The Morgan fingerprint density at radius 2 is 0.686 bits per heavy atom. The van der Waals surface area contributed by atoms with E-state index in [9.17, 15) is 40.5 Å². The molecule has 9 atom stereocenters. The molecule has 9 unspecified atom stereocenters. The van der Waals surface area contributed by atoms with Crippen LogP contribution in [0.15, 0.2) is 24.3 Å². The molecule has 1 saturated heterocycles. The van der Waals surface area contributed by atoms with E-state index in [0.717, 1.165) is 38.5 Å². The first-order chi connectivity index (χ1) is 42.2. The maximum atomic E-state index is 13.3. The van der Waals surface area contributed by atoms with E-state index in [4.69, 9.17) is 9.47 Å². The van der Waals surface area contributed by atoms with Crippen molar-refractivity contribution in [3.8, 4) is 0 Å². The Bertz CT molecular complexity index is 1450. The standard InChI is InChI=1S/C75H145NO10/c1-3-5-7-9-11-13-15-17-19-21-23-25-27-29-31-32-33-34-35-37-39-41-43-45-47-49-51-53-55-57-59-61-63-68(79)74(84)76-66(65-85-75-73(83)72(82)71(81)69(64-77)86-75)70(80)67(78)62-60-58-56-54-52-50-48-46-44-42-40-38-36-30-28-26-24-22-20-18-16-14-12-10-8-6-4-2/h29,31,54,56,66-73,75,77-83H,3-28,30,32-53,55,57-65H2,1-2H3,(H,76,84)/b31-29-,56-54+. The average molecular weight is 1220 g/mol. The maximum absolute atomic E-state index is 13.3. The Labute approximate surface area is 531 Å². The summed E-state index contributed by atoms with van der Waals surface area (Å²) in [4.78, 5) is 13.3. The van der Waals surface area contributed by atoms with E-state index in [-0.39, 0.29) is 12.8 Å². The molecule has 0 aromatic rings. The van der Waals surface area contributed by atoms with Gasteiger partial charge in [0.2, 0.25) is 5.91 Å². The van der Waals surface area contributed by atoms with Gasteiger partial charge >= 0.3 is 0 Å². The number of unbranched alkanes of at least 4 members (excludes halogenated alkanes) is 51. The summed E-state index contributed by atoms with van der Waals surface area (Å²) in [5.41, 5.74) is 0. The summed E-state index contributed by atoms with van der Waals surface area (Å²) in [6.45, 7) is 3.51. The highest BCUT2D eigenvalue weighted by atomic mass is 16.7. The smallest absolute Gasteiger partial charge is 0.249 e. The number of hydrogen-bond acceptors (Lipinski definition) is 10. The molecule has 510 valence electrons. The first kappa shape index (κ1) is 82.6. The summed E-state index contributed by atoms with van der Waals surface area (Å²) < 4.78 is 11.2. The zero-order valence-electron chi connectivity index (χ0n) is 56.6. The van der Waals surface area contributed by atoms with E-state index in [0.29, 0.717) is 12.8 Å². The minimum absolute atomic E-state index is 0.258. The fourth-order valence-electron chi connectivity index (χ4n) is 12.4. The second-order valence-electron chi connectivity index (χ2n) is 26.7. The molecule has 8 N–H and O–H groups in total. The first-order valence-corrected chi connectivity index (χ1v) is 37.7. The molecule has 0 aromatic carbocycles. The van der Waals surface area contributed by atoms with Crippen molar-refractivity contribution in [1.82, 2.24) is 5.32 Å². The highest BCUT2D eigenvalue weighted by Crippen LogP contribution is 2.24. The van der Waals surface area contributed by atoms with Gasteiger partial charge in [-0.2, -0.15) is 0 Å². The molecular formula is C75H145NO10. The van der Waals surface area contributed by atoms with E-state index in [2.05, 4.69) is 43.5 Å². The number of carbonyl (C=O) groups is 1. The van der Waals surface area contributed by atoms with Gasteiger partial charge in [-0.05, 0) is 64.2 Å². The lowest BCUT2D eigenvalue weighted by molar-refractivity contribution is -0.303. The lowest BCUT2D eigenvalue weighted by atomic mass is 9.98. The highest BCUT2D eigenvalue weighted by Gasteiger charge is 2.44. The van der Waals surface area contributed by atoms with Crippen LogP contribution in [0.25, 0.3) is 0 Å². The minimum Gasteiger partial charge on any atom is -0.394 e. The van der Waals surface area contributed by atoms with Gasteiger partial charge in [0.1, 0.15) is 36.6 Å². The lowest BCUT2D eigenvalue weighted by Crippen LogP contribution is -2.60. The Kier molecular flexibility index (Phi) is 61.2. The third-order valence-electron chi connectivity index (χ3n) is 18.5. The van der Waals surface area contributed by atoms with E-state index in [1.807, 2.05) is 0 Å². The number of aliphatic hydroxyl groups is 7. The van der Waals surface area contributed by atoms with Crippen LogP contribution in [-0.2, 0) is 14.3 Å². The Balaban J connectivity index is 2.17. The summed E-state index contributed by atoms with van der Waals surface area (Å²) in [7, 11) is 0. The van der Waals surface area contributed by atoms with Crippen LogP contribution in [0.3, 0.4) is 0 Å². The van der Waals surface area contributed by atoms with Crippen LogP contribution >= 0.6 is 0 Å². The van der Waals surface area contributed by atoms with Crippen molar-refractivity contribution in [3.05, 3.63) is 24.3 Å². The monoisotopic (exact) mass is 1220 g/mol. The zero-order valence-corrected chi connectivity index (χ0v) is 56.6. The molecule has 86 heavy (non-hydrogen) atoms. The van der Waals surface area contributed by atoms with Gasteiger partial charge in [-0.15, -0.1) is 0 Å². The molecule has 1 rings (SSSR count). The third kappa shape index (κ3) is 50.3. The zero-order chi connectivity index (χ0) is 62.4. The second kappa shape index (κ2) is 63.7. The van der Waals surface area contributed by atoms with Gasteiger partial charge in [-0.1, -0.05) is 340 Å². The summed E-state index contributed by atoms with van der Waals surface area (Å²) >= 11 is 0. The molecule has 0 bridgehead atoms. The number of allylic oxidation sites excluding steroid dienone is 4. The van der Waals surface area contributed by atoms with Crippen LogP contribution in [0.4, 0.5) is 0 Å². The van der Waals surface area contributed by atoms with Gasteiger partial charge < -0.3 is 50.5 Å². The van der Waals surface area contributed by atoms with Crippen molar-refractivity contribution in [3.63, 3.8) is 0 Å². The van der Waals surface area contributed by atoms with Crippen molar-refractivity contribution in [2.75, 3.05) is 13.2 Å². The van der Waals surface area contributed by atoms with Crippen molar-refractivity contribution in [2.24, 2.45) is 0 Å². The molecule has 1 heterocycles. The fourth-order valence-corrected chi connectivity index (χ4v) is 12.4. The van der Waals surface area contributed by atoms with Crippen LogP contribution in [0.1, 0.15) is 380 Å². The summed E-state index contributed by atoms with van der Waals surface area (Å²) in [5, 5.41) is 76.6. The van der Waals surface area contributed by atoms with Crippen molar-refractivity contribution in [2.45, 2.75) is 435 Å². The summed E-state index contributed by atoms with van der Waals surface area (Å²) in [6.07, 6.45) is 70.0. The summed E-state index contributed by atoms with van der Waals surface area (Å²) in [5.74, 6) is -0.699. The number of amides is 1. The Morgan fingerprint density at radius 1 is 0.395 bits per heavy atom. The highest BCUT2D eigenvalue weighted by molar-refractivity contribution is 5.80. The molecule has 1 fully saturated rings. The minimum atomic E-state index is -1.67. The van der Waals surface area contributed by atoms with Gasteiger partial charge in [-0.25, -0.2) is 0 Å². The molecule has 1 amide bonds. The molecular weight excluding hydrogens is 1070 g/mol. The van der Waals surface area contributed by atoms with Gasteiger partial charge in [0, 0.05) is 0 Å². The first-order valence-electron chi connectivity index (χ1n) is 37.7. The van der Waals surface area contributed by atoms with Gasteiger partial charge in [-0.3, -0.25) is 4.79 Å². The largest absolute Gasteiger partial charge is 0.394 e. The van der Waals surface area contributed by atoms with Crippen LogP contribution in [0.5, 0.6) is 0 Å². The molecule has 0 radical (unpaired) electrons. The SMILES string of the molecule is CCCCCCCCCCCCCC/C=C\CCCCCCCCCCCCCCCCCCC(O)C(=O)NC(COC1OC(CO)C(O)C(O)C1O)C(O)C(O)CCC/C=C/CCCCCCCCCCCCCCCCCCCCCCCC. The second-order valence-corrected chi connectivity index (χ2v) is 26.7. The van der Waals surface area contributed by atoms with E-state index >= 15 is 0 Å². The van der Waals surface area contributed by atoms with Crippen molar-refractivity contribution >= 4 is 5.91 Å². The van der Waals surface area contributed by atoms with Gasteiger partial charge in [0.15, 0.2) is 6.29 Å². The molecule has 0 spiro atoms. The summed E-state index contributed by atoms with van der Waals surface area (Å²) in [6, 6.07) is -1.18. The normalized spacial score (nSPS) is 18.8.